The number of likely N-dealkylation sites (N-methyl/N-ethyl adjacent to an activating group) is 1. The van der Waals surface area contributed by atoms with Crippen LogP contribution in [0.25, 0.3) is 0 Å². The number of nitrogens with zero attached hydrogens (tertiary/aromatic N) is 1. The summed E-state index contributed by atoms with van der Waals surface area (Å²) in [5, 5.41) is 3.01. The van der Waals surface area contributed by atoms with Crippen molar-refractivity contribution in [3.8, 4) is 0 Å². The Morgan fingerprint density at radius 3 is 2.50 bits per heavy atom. The van der Waals surface area contributed by atoms with Gasteiger partial charge in [0.1, 0.15) is 0 Å². The normalized spacial score (nSPS) is 12.0. The minimum atomic E-state index is -3.42. The van der Waals surface area contributed by atoms with Crippen molar-refractivity contribution < 1.29 is 8.42 Å². The van der Waals surface area contributed by atoms with E-state index < -0.39 is 10.0 Å². The first-order chi connectivity index (χ1) is 9.53. The van der Waals surface area contributed by atoms with E-state index in [0.717, 1.165) is 25.2 Å². The number of sulfonamides is 1. The molecule has 0 heterocycles. The van der Waals surface area contributed by atoms with Crippen molar-refractivity contribution >= 4 is 10.0 Å². The minimum Gasteiger partial charge on any atom is -0.316 e. The maximum absolute atomic E-state index is 12.2. The quantitative estimate of drug-likeness (QED) is 0.715. The highest BCUT2D eigenvalue weighted by Crippen LogP contribution is 2.11. The van der Waals surface area contributed by atoms with Crippen molar-refractivity contribution in [3.63, 3.8) is 0 Å². The second-order valence-corrected chi connectivity index (χ2v) is 6.37. The number of hydrogen-bond acceptors (Lipinski definition) is 4. The molecular formula is C14H25N3O2S. The van der Waals surface area contributed by atoms with Crippen LogP contribution >= 0.6 is 0 Å². The average molecular weight is 299 g/mol. The van der Waals surface area contributed by atoms with Gasteiger partial charge in [0.15, 0.2) is 0 Å². The second-order valence-electron chi connectivity index (χ2n) is 4.60. The molecule has 20 heavy (non-hydrogen) atoms. The Kier molecular flexibility index (Phi) is 7.15. The first-order valence-electron chi connectivity index (χ1n) is 6.99. The Hall–Kier alpha value is -0.950. The van der Waals surface area contributed by atoms with Crippen LogP contribution in [0, 0.1) is 0 Å². The predicted molar refractivity (Wildman–Crippen MR) is 82.2 cm³/mol. The predicted octanol–water partition coefficient (Wildman–Crippen LogP) is 1.03. The maximum atomic E-state index is 12.2. The monoisotopic (exact) mass is 299 g/mol. The molecule has 0 aliphatic heterocycles. The third-order valence-electron chi connectivity index (χ3n) is 3.20. The lowest BCUT2D eigenvalue weighted by Gasteiger charge is -2.18. The van der Waals surface area contributed by atoms with Crippen molar-refractivity contribution in [3.05, 3.63) is 29.8 Å². The first-order valence-corrected chi connectivity index (χ1v) is 8.47. The van der Waals surface area contributed by atoms with E-state index >= 15 is 0 Å². The van der Waals surface area contributed by atoms with Gasteiger partial charge in [-0.1, -0.05) is 26.0 Å². The Morgan fingerprint density at radius 1 is 1.20 bits per heavy atom. The highest BCUT2D eigenvalue weighted by molar-refractivity contribution is 7.89. The van der Waals surface area contributed by atoms with Crippen molar-refractivity contribution in [2.24, 2.45) is 0 Å². The lowest BCUT2D eigenvalue weighted by molar-refractivity contribution is 0.309. The van der Waals surface area contributed by atoms with E-state index in [9.17, 15) is 8.42 Å². The molecule has 0 fully saturated rings. The first kappa shape index (κ1) is 17.1. The van der Waals surface area contributed by atoms with E-state index in [1.54, 1.807) is 18.2 Å². The molecule has 0 amide bonds. The summed E-state index contributed by atoms with van der Waals surface area (Å²) in [6.07, 6.45) is 0. The average Bonchev–Trinajstić information content (AvgIpc) is 2.44. The third kappa shape index (κ3) is 5.20. The van der Waals surface area contributed by atoms with Crippen LogP contribution in [0.4, 0.5) is 0 Å². The largest absolute Gasteiger partial charge is 0.316 e. The highest BCUT2D eigenvalue weighted by atomic mass is 32.2. The van der Waals surface area contributed by atoms with Crippen LogP contribution in [0.15, 0.2) is 29.2 Å². The van der Waals surface area contributed by atoms with Crippen molar-refractivity contribution in [1.82, 2.24) is 14.9 Å². The minimum absolute atomic E-state index is 0.324. The van der Waals surface area contributed by atoms with Gasteiger partial charge in [0.2, 0.25) is 10.0 Å². The lowest BCUT2D eigenvalue weighted by atomic mass is 10.2. The molecule has 1 aromatic carbocycles. The topological polar surface area (TPSA) is 61.4 Å². The molecule has 0 saturated carbocycles. The van der Waals surface area contributed by atoms with E-state index in [0.29, 0.717) is 18.0 Å². The Morgan fingerprint density at radius 2 is 1.90 bits per heavy atom. The summed E-state index contributed by atoms with van der Waals surface area (Å²) in [5.74, 6) is 0. The molecule has 0 radical (unpaired) electrons. The van der Waals surface area contributed by atoms with Gasteiger partial charge in [-0.15, -0.1) is 0 Å². The van der Waals surface area contributed by atoms with Crippen LogP contribution in [-0.2, 0) is 16.6 Å². The number of nitrogens with one attached hydrogen (secondary N) is 2. The molecule has 6 heteroatoms. The van der Waals surface area contributed by atoms with E-state index in [2.05, 4.69) is 28.8 Å². The molecule has 0 aliphatic rings. The van der Waals surface area contributed by atoms with Crippen molar-refractivity contribution in [1.29, 1.82) is 0 Å². The standard InChI is InChI=1S/C14H25N3O2S/c1-4-17(5-2)10-9-16-20(18,19)14-8-6-7-13(11-14)12-15-3/h6-8,11,15-16H,4-5,9-10,12H2,1-3H3. The molecule has 0 unspecified atom stereocenters. The highest BCUT2D eigenvalue weighted by Gasteiger charge is 2.14. The zero-order chi connectivity index (χ0) is 15.0. The third-order valence-corrected chi connectivity index (χ3v) is 4.66. The SMILES string of the molecule is CCN(CC)CCNS(=O)(=O)c1cccc(CNC)c1. The molecule has 5 nitrogen and oxygen atoms in total. The lowest BCUT2D eigenvalue weighted by Crippen LogP contribution is -2.34. The Balaban J connectivity index is 2.66. The summed E-state index contributed by atoms with van der Waals surface area (Å²) in [6.45, 7) is 7.80. The van der Waals surface area contributed by atoms with Crippen LogP contribution in [0.1, 0.15) is 19.4 Å². The zero-order valence-corrected chi connectivity index (χ0v) is 13.3. The Labute approximate surface area is 122 Å². The summed E-state index contributed by atoms with van der Waals surface area (Å²) in [5.41, 5.74) is 0.958. The zero-order valence-electron chi connectivity index (χ0n) is 12.5. The van der Waals surface area contributed by atoms with Crippen molar-refractivity contribution in [2.45, 2.75) is 25.3 Å². The molecular weight excluding hydrogens is 274 g/mol. The number of benzene rings is 1. The summed E-state index contributed by atoms with van der Waals surface area (Å²) < 4.78 is 27.0. The summed E-state index contributed by atoms with van der Waals surface area (Å²) >= 11 is 0. The molecule has 2 N–H and O–H groups in total. The van der Waals surface area contributed by atoms with Gasteiger partial charge in [0.25, 0.3) is 0 Å². The Bertz CT molecular complexity index is 499. The molecule has 0 atom stereocenters. The van der Waals surface area contributed by atoms with Gasteiger partial charge in [-0.05, 0) is 37.8 Å². The summed E-state index contributed by atoms with van der Waals surface area (Å²) in [4.78, 5) is 2.50. The smallest absolute Gasteiger partial charge is 0.240 e. The van der Waals surface area contributed by atoms with Gasteiger partial charge < -0.3 is 10.2 Å². The molecule has 0 aromatic heterocycles. The molecule has 114 valence electrons. The van der Waals surface area contributed by atoms with Gasteiger partial charge in [-0.3, -0.25) is 0 Å². The van der Waals surface area contributed by atoms with Gasteiger partial charge in [0, 0.05) is 19.6 Å². The molecule has 0 spiro atoms. The fraction of sp³-hybridized carbons (Fsp3) is 0.571. The van der Waals surface area contributed by atoms with Crippen LogP contribution < -0.4 is 10.0 Å². The van der Waals surface area contributed by atoms with E-state index in [1.807, 2.05) is 13.1 Å². The van der Waals surface area contributed by atoms with Crippen molar-refractivity contribution in [2.75, 3.05) is 33.2 Å². The fourth-order valence-corrected chi connectivity index (χ4v) is 3.08. The van der Waals surface area contributed by atoms with E-state index in [1.165, 1.54) is 0 Å². The van der Waals surface area contributed by atoms with Gasteiger partial charge in [-0.25, -0.2) is 13.1 Å². The van der Waals surface area contributed by atoms with Gasteiger partial charge in [0.05, 0.1) is 4.90 Å². The van der Waals surface area contributed by atoms with Crippen LogP contribution in [0.3, 0.4) is 0 Å². The summed E-state index contributed by atoms with van der Waals surface area (Å²) in [6, 6.07) is 7.01. The molecule has 1 aromatic rings. The van der Waals surface area contributed by atoms with E-state index in [4.69, 9.17) is 0 Å². The van der Waals surface area contributed by atoms with Gasteiger partial charge in [-0.2, -0.15) is 0 Å². The second kappa shape index (κ2) is 8.36. The fourth-order valence-electron chi connectivity index (χ4n) is 1.99. The number of rotatable bonds is 9. The molecule has 1 rings (SSSR count). The molecule has 0 bridgehead atoms. The van der Waals surface area contributed by atoms with Crippen LogP contribution in [-0.4, -0.2) is 46.5 Å². The molecule has 0 saturated heterocycles. The summed E-state index contributed by atoms with van der Waals surface area (Å²) in [7, 11) is -1.58. The van der Waals surface area contributed by atoms with Crippen LogP contribution in [0.2, 0.25) is 0 Å². The number of hydrogen-bond donors (Lipinski definition) is 2. The maximum Gasteiger partial charge on any atom is 0.240 e. The molecule has 0 aliphatic carbocycles. The van der Waals surface area contributed by atoms with Crippen LogP contribution in [0.5, 0.6) is 0 Å². The van der Waals surface area contributed by atoms with Gasteiger partial charge >= 0.3 is 0 Å². The van der Waals surface area contributed by atoms with E-state index in [-0.39, 0.29) is 0 Å².